The van der Waals surface area contributed by atoms with E-state index >= 15 is 0 Å². The molecule has 0 saturated carbocycles. The first kappa shape index (κ1) is 28.2. The number of anilines is 1. The minimum atomic E-state index is -0.0418. The number of carbonyl (C=O) groups excluding carboxylic acids is 1. The van der Waals surface area contributed by atoms with Gasteiger partial charge in [-0.15, -0.1) is 12.4 Å². The highest BCUT2D eigenvalue weighted by Gasteiger charge is 2.26. The van der Waals surface area contributed by atoms with Crippen LogP contribution in [0.5, 0.6) is 0 Å². The number of carbonyl (C=O) groups is 1. The second-order valence-corrected chi connectivity index (χ2v) is 10.3. The van der Waals surface area contributed by atoms with Crippen LogP contribution < -0.4 is 11.0 Å². The van der Waals surface area contributed by atoms with E-state index in [9.17, 15) is 9.59 Å². The number of hydrogen-bond donors (Lipinski definition) is 1. The molecule has 0 spiro atoms. The third-order valence-electron chi connectivity index (χ3n) is 5.83. The maximum absolute atomic E-state index is 13.1. The van der Waals surface area contributed by atoms with Gasteiger partial charge in [-0.2, -0.15) is 0 Å². The maximum Gasteiger partial charge on any atom is 0.260 e. The van der Waals surface area contributed by atoms with Gasteiger partial charge in [0.1, 0.15) is 0 Å². The molecule has 7 nitrogen and oxygen atoms in total. The van der Waals surface area contributed by atoms with Crippen molar-refractivity contribution >= 4 is 47.4 Å². The number of aromatic nitrogens is 2. The van der Waals surface area contributed by atoms with Gasteiger partial charge in [0.25, 0.3) is 5.56 Å². The van der Waals surface area contributed by atoms with Crippen LogP contribution in [-0.2, 0) is 19.6 Å². The SMILES string of the molecule is CCn1c(SCCCN(C)C)nc2c(c1=O)CN(Cc1ccc(C(=O)c3ccc(Cl)cc3)cc1)N2.Cl. The molecular weight excluding hydrogens is 517 g/mol. The summed E-state index contributed by atoms with van der Waals surface area (Å²) < 4.78 is 1.77. The zero-order valence-electron chi connectivity index (χ0n) is 20.7. The summed E-state index contributed by atoms with van der Waals surface area (Å²) in [6.45, 7) is 4.65. The summed E-state index contributed by atoms with van der Waals surface area (Å²) in [5.41, 5.74) is 6.27. The molecule has 36 heavy (non-hydrogen) atoms. The molecule has 3 aromatic rings. The van der Waals surface area contributed by atoms with Crippen molar-refractivity contribution in [3.63, 3.8) is 0 Å². The van der Waals surface area contributed by atoms with Crippen LogP contribution in [-0.4, -0.2) is 51.6 Å². The second kappa shape index (κ2) is 12.7. The van der Waals surface area contributed by atoms with E-state index < -0.39 is 0 Å². The fourth-order valence-corrected chi connectivity index (χ4v) is 5.07. The predicted molar refractivity (Wildman–Crippen MR) is 150 cm³/mol. The monoisotopic (exact) mass is 547 g/mol. The van der Waals surface area contributed by atoms with Crippen LogP contribution in [0.15, 0.2) is 58.5 Å². The molecule has 4 rings (SSSR count). The van der Waals surface area contributed by atoms with E-state index in [-0.39, 0.29) is 23.7 Å². The summed E-state index contributed by atoms with van der Waals surface area (Å²) in [5, 5.41) is 3.34. The van der Waals surface area contributed by atoms with Gasteiger partial charge in [0, 0.05) is 35.0 Å². The molecule has 1 aliphatic heterocycles. The molecular formula is C26H31Cl2N5O2S. The number of hydrogen-bond acceptors (Lipinski definition) is 7. The lowest BCUT2D eigenvalue weighted by atomic mass is 10.0. The first-order chi connectivity index (χ1) is 16.9. The lowest BCUT2D eigenvalue weighted by Crippen LogP contribution is -2.26. The molecule has 0 amide bonds. The first-order valence-corrected chi connectivity index (χ1v) is 13.0. The van der Waals surface area contributed by atoms with Gasteiger partial charge in [0.15, 0.2) is 16.8 Å². The molecule has 0 atom stereocenters. The molecule has 0 fully saturated rings. The lowest BCUT2D eigenvalue weighted by molar-refractivity contribution is 0.103. The van der Waals surface area contributed by atoms with Gasteiger partial charge in [0.05, 0.1) is 12.1 Å². The topological polar surface area (TPSA) is 70.5 Å². The van der Waals surface area contributed by atoms with Crippen LogP contribution >= 0.6 is 35.8 Å². The van der Waals surface area contributed by atoms with Crippen molar-refractivity contribution in [2.24, 2.45) is 0 Å². The van der Waals surface area contributed by atoms with Crippen molar-refractivity contribution in [1.29, 1.82) is 0 Å². The Hall–Kier alpha value is -2.36. The van der Waals surface area contributed by atoms with E-state index in [1.54, 1.807) is 40.6 Å². The standard InChI is InChI=1S/C26H30ClN5O2S.ClH/c1-4-32-25(34)22-17-31(29-24(22)28-26(32)35-15-5-14-30(2)3)16-18-6-8-19(9-7-18)23(33)20-10-12-21(27)13-11-20;/h6-13,29H,4-5,14-17H2,1-3H3;1H. The number of rotatable bonds is 10. The summed E-state index contributed by atoms with van der Waals surface area (Å²) in [6.07, 6.45) is 1.03. The minimum absolute atomic E-state index is 0. The highest BCUT2D eigenvalue weighted by molar-refractivity contribution is 7.99. The van der Waals surface area contributed by atoms with Gasteiger partial charge in [-0.25, -0.2) is 9.99 Å². The smallest absolute Gasteiger partial charge is 0.260 e. The zero-order valence-corrected chi connectivity index (χ0v) is 23.1. The number of halogens is 2. The van der Waals surface area contributed by atoms with Gasteiger partial charge < -0.3 is 10.3 Å². The highest BCUT2D eigenvalue weighted by atomic mass is 35.5. The van der Waals surface area contributed by atoms with Gasteiger partial charge >= 0.3 is 0 Å². The highest BCUT2D eigenvalue weighted by Crippen LogP contribution is 2.26. The molecule has 0 unspecified atom stereocenters. The molecule has 192 valence electrons. The quantitative estimate of drug-likeness (QED) is 0.166. The molecule has 1 aliphatic rings. The fourth-order valence-electron chi connectivity index (χ4n) is 3.97. The summed E-state index contributed by atoms with van der Waals surface area (Å²) in [5.74, 6) is 1.51. The Morgan fingerprint density at radius 3 is 2.36 bits per heavy atom. The van der Waals surface area contributed by atoms with E-state index in [0.29, 0.717) is 47.2 Å². The molecule has 2 aromatic carbocycles. The van der Waals surface area contributed by atoms with Crippen molar-refractivity contribution in [2.75, 3.05) is 31.8 Å². The average molecular weight is 549 g/mol. The van der Waals surface area contributed by atoms with Crippen LogP contribution in [0.3, 0.4) is 0 Å². The Bertz CT molecular complexity index is 1250. The number of hydrazine groups is 1. The number of fused-ring (bicyclic) bond motifs is 1. The minimum Gasteiger partial charge on any atom is -0.309 e. The molecule has 0 radical (unpaired) electrons. The van der Waals surface area contributed by atoms with Crippen molar-refractivity contribution in [3.8, 4) is 0 Å². The van der Waals surface area contributed by atoms with Crippen molar-refractivity contribution in [1.82, 2.24) is 19.5 Å². The van der Waals surface area contributed by atoms with E-state index in [1.807, 2.05) is 36.2 Å². The molecule has 0 saturated heterocycles. The summed E-state index contributed by atoms with van der Waals surface area (Å²) >= 11 is 7.55. The van der Waals surface area contributed by atoms with E-state index in [1.165, 1.54) is 0 Å². The zero-order chi connectivity index (χ0) is 24.9. The van der Waals surface area contributed by atoms with Gasteiger partial charge in [0.2, 0.25) is 0 Å². The Kier molecular flexibility index (Phi) is 9.99. The maximum atomic E-state index is 13.1. The van der Waals surface area contributed by atoms with Crippen LogP contribution in [0.25, 0.3) is 0 Å². The largest absolute Gasteiger partial charge is 0.309 e. The number of benzene rings is 2. The van der Waals surface area contributed by atoms with Crippen molar-refractivity contribution in [3.05, 3.63) is 86.2 Å². The lowest BCUT2D eigenvalue weighted by Gasteiger charge is -2.16. The summed E-state index contributed by atoms with van der Waals surface area (Å²) in [6, 6.07) is 14.4. The summed E-state index contributed by atoms with van der Waals surface area (Å²) in [4.78, 5) is 32.8. The normalized spacial score (nSPS) is 12.8. The number of nitrogens with one attached hydrogen (secondary N) is 1. The predicted octanol–water partition coefficient (Wildman–Crippen LogP) is 4.96. The van der Waals surface area contributed by atoms with Crippen LogP contribution in [0, 0.1) is 0 Å². The number of thioether (sulfide) groups is 1. The van der Waals surface area contributed by atoms with Crippen molar-refractivity contribution < 1.29 is 4.79 Å². The molecule has 10 heteroatoms. The Labute approximate surface area is 227 Å². The Morgan fingerprint density at radius 1 is 1.11 bits per heavy atom. The second-order valence-electron chi connectivity index (χ2n) is 8.78. The van der Waals surface area contributed by atoms with Crippen LogP contribution in [0.1, 0.15) is 40.4 Å². The van der Waals surface area contributed by atoms with E-state index in [4.69, 9.17) is 16.6 Å². The number of nitrogens with zero attached hydrogens (tertiary/aromatic N) is 4. The Balaban J connectivity index is 0.00000361. The first-order valence-electron chi connectivity index (χ1n) is 11.7. The van der Waals surface area contributed by atoms with Crippen molar-refractivity contribution in [2.45, 2.75) is 38.1 Å². The van der Waals surface area contributed by atoms with Gasteiger partial charge in [-0.3, -0.25) is 14.2 Å². The van der Waals surface area contributed by atoms with E-state index in [0.717, 1.165) is 29.4 Å². The van der Waals surface area contributed by atoms with Gasteiger partial charge in [-0.05, 0) is 63.8 Å². The fraction of sp³-hybridized carbons (Fsp3) is 0.346. The number of ketones is 1. The molecule has 1 aromatic heterocycles. The molecule has 0 aliphatic carbocycles. The third kappa shape index (κ3) is 6.69. The Morgan fingerprint density at radius 2 is 1.75 bits per heavy atom. The van der Waals surface area contributed by atoms with Crippen LogP contribution in [0.4, 0.5) is 5.82 Å². The molecule has 2 heterocycles. The molecule has 0 bridgehead atoms. The van der Waals surface area contributed by atoms with Crippen LogP contribution in [0.2, 0.25) is 5.02 Å². The third-order valence-corrected chi connectivity index (χ3v) is 7.15. The van der Waals surface area contributed by atoms with Gasteiger partial charge in [-0.1, -0.05) is 47.6 Å². The summed E-state index contributed by atoms with van der Waals surface area (Å²) in [7, 11) is 4.12. The van der Waals surface area contributed by atoms with E-state index in [2.05, 4.69) is 24.4 Å². The molecule has 1 N–H and O–H groups in total. The average Bonchev–Trinajstić information content (AvgIpc) is 3.25.